The number of nitrogens with zero attached hydrogens (tertiary/aromatic N) is 2. The lowest BCUT2D eigenvalue weighted by Gasteiger charge is -2.11. The summed E-state index contributed by atoms with van der Waals surface area (Å²) in [6.45, 7) is 2.04. The van der Waals surface area contributed by atoms with Gasteiger partial charge in [0.05, 0.1) is 32.6 Å². The molecule has 2 nitrogen and oxygen atoms in total. The van der Waals surface area contributed by atoms with Crippen LogP contribution in [0.3, 0.4) is 0 Å². The molecular weight excluding hydrogens is 394 g/mol. The third kappa shape index (κ3) is 2.68. The van der Waals surface area contributed by atoms with Gasteiger partial charge in [-0.1, -0.05) is 29.3 Å². The molecule has 1 heterocycles. The zero-order valence-corrected chi connectivity index (χ0v) is 14.9. The van der Waals surface area contributed by atoms with Crippen molar-refractivity contribution < 1.29 is 0 Å². The molecular formula is C15H10BrCl3N2. The smallest absolute Gasteiger partial charge is 0.129 e. The van der Waals surface area contributed by atoms with Gasteiger partial charge in [-0.25, -0.2) is 4.98 Å². The molecule has 21 heavy (non-hydrogen) atoms. The van der Waals surface area contributed by atoms with Gasteiger partial charge < -0.3 is 0 Å². The number of rotatable bonds is 2. The predicted molar refractivity (Wildman–Crippen MR) is 93.1 cm³/mol. The Morgan fingerprint density at radius 1 is 1.14 bits per heavy atom. The second-order valence-corrected chi connectivity index (χ2v) is 6.64. The number of hydrogen-bond acceptors (Lipinski definition) is 1. The van der Waals surface area contributed by atoms with Crippen LogP contribution in [0.1, 0.15) is 11.4 Å². The van der Waals surface area contributed by atoms with Crippen LogP contribution in [0.15, 0.2) is 34.8 Å². The van der Waals surface area contributed by atoms with E-state index in [2.05, 4.69) is 27.0 Å². The first kappa shape index (κ1) is 15.2. The number of fused-ring (bicyclic) bond motifs is 1. The highest BCUT2D eigenvalue weighted by atomic mass is 79.9. The average Bonchev–Trinajstić information content (AvgIpc) is 2.79. The van der Waals surface area contributed by atoms with Crippen molar-refractivity contribution in [3.63, 3.8) is 0 Å². The normalized spacial score (nSPS) is 11.3. The van der Waals surface area contributed by atoms with E-state index in [4.69, 9.17) is 34.8 Å². The minimum atomic E-state index is 0.296. The minimum Gasteiger partial charge on any atom is -0.294 e. The summed E-state index contributed by atoms with van der Waals surface area (Å²) in [5, 5.41) is 0.980. The summed E-state index contributed by atoms with van der Waals surface area (Å²) < 4.78 is 2.96. The molecule has 0 aliphatic heterocycles. The number of benzene rings is 2. The molecule has 1 aromatic heterocycles. The Hall–Kier alpha value is -0.740. The van der Waals surface area contributed by atoms with Crippen LogP contribution in [0.25, 0.3) is 16.7 Å². The number of hydrogen-bond donors (Lipinski definition) is 0. The quantitative estimate of drug-likeness (QED) is 0.469. The molecule has 0 atom stereocenters. The van der Waals surface area contributed by atoms with E-state index in [0.717, 1.165) is 32.6 Å². The van der Waals surface area contributed by atoms with Crippen LogP contribution in [0, 0.1) is 6.92 Å². The van der Waals surface area contributed by atoms with Crippen LogP contribution in [-0.2, 0) is 5.88 Å². The van der Waals surface area contributed by atoms with E-state index in [1.807, 2.05) is 29.7 Å². The van der Waals surface area contributed by atoms with Crippen molar-refractivity contribution in [2.75, 3.05) is 0 Å². The summed E-state index contributed by atoms with van der Waals surface area (Å²) in [6.07, 6.45) is 0. The van der Waals surface area contributed by atoms with Crippen LogP contribution in [0.5, 0.6) is 0 Å². The van der Waals surface area contributed by atoms with Crippen molar-refractivity contribution in [2.24, 2.45) is 0 Å². The monoisotopic (exact) mass is 402 g/mol. The highest BCUT2D eigenvalue weighted by Crippen LogP contribution is 2.33. The summed E-state index contributed by atoms with van der Waals surface area (Å²) in [5.74, 6) is 1.04. The maximum Gasteiger partial charge on any atom is 0.129 e. The third-order valence-corrected chi connectivity index (χ3v) is 4.86. The zero-order valence-electron chi connectivity index (χ0n) is 11.0. The van der Waals surface area contributed by atoms with Crippen LogP contribution in [-0.4, -0.2) is 9.55 Å². The molecule has 108 valence electrons. The van der Waals surface area contributed by atoms with Crippen molar-refractivity contribution in [1.29, 1.82) is 0 Å². The van der Waals surface area contributed by atoms with Gasteiger partial charge in [-0.3, -0.25) is 4.57 Å². The fourth-order valence-corrected chi connectivity index (χ4v) is 3.19. The Balaban J connectivity index is 2.40. The van der Waals surface area contributed by atoms with Crippen molar-refractivity contribution in [3.05, 3.63) is 56.2 Å². The van der Waals surface area contributed by atoms with E-state index < -0.39 is 0 Å². The molecule has 3 rings (SSSR count). The Kier molecular flexibility index (Phi) is 4.19. The molecule has 0 amide bonds. The second-order valence-electron chi connectivity index (χ2n) is 4.71. The molecule has 0 saturated heterocycles. The number of alkyl halides is 1. The lowest BCUT2D eigenvalue weighted by Crippen LogP contribution is -2.00. The highest BCUT2D eigenvalue weighted by Gasteiger charge is 2.15. The van der Waals surface area contributed by atoms with E-state index in [-0.39, 0.29) is 0 Å². The number of aromatic nitrogens is 2. The molecule has 3 aromatic rings. The van der Waals surface area contributed by atoms with Crippen molar-refractivity contribution in [2.45, 2.75) is 12.8 Å². The second kappa shape index (κ2) is 5.81. The van der Waals surface area contributed by atoms with E-state index in [0.29, 0.717) is 15.9 Å². The van der Waals surface area contributed by atoms with Crippen LogP contribution >= 0.6 is 50.7 Å². The van der Waals surface area contributed by atoms with E-state index in [1.165, 1.54) is 0 Å². The highest BCUT2D eigenvalue weighted by molar-refractivity contribution is 9.10. The van der Waals surface area contributed by atoms with Crippen LogP contribution in [0.4, 0.5) is 0 Å². The molecule has 0 fully saturated rings. The molecule has 0 N–H and O–H groups in total. The molecule has 0 spiro atoms. The van der Waals surface area contributed by atoms with E-state index >= 15 is 0 Å². The summed E-state index contributed by atoms with van der Waals surface area (Å²) in [7, 11) is 0. The lowest BCUT2D eigenvalue weighted by atomic mass is 10.2. The zero-order chi connectivity index (χ0) is 15.1. The SMILES string of the molecule is Cc1ccc(Br)c(-n2c(CCl)nc3cc(Cl)c(Cl)cc32)c1. The van der Waals surface area contributed by atoms with Gasteiger partial charge in [0.15, 0.2) is 0 Å². The number of imidazole rings is 1. The standard InChI is InChI=1S/C15H10BrCl3N2/c1-8-2-3-9(16)13(4-8)21-14-6-11(19)10(18)5-12(14)20-15(21)7-17/h2-6H,7H2,1H3. The fourth-order valence-electron chi connectivity index (χ4n) is 2.28. The summed E-state index contributed by atoms with van der Waals surface area (Å²) in [6, 6.07) is 9.69. The van der Waals surface area contributed by atoms with Crippen LogP contribution < -0.4 is 0 Å². The Morgan fingerprint density at radius 2 is 1.86 bits per heavy atom. The van der Waals surface area contributed by atoms with Crippen molar-refractivity contribution in [1.82, 2.24) is 9.55 Å². The molecule has 0 bridgehead atoms. The molecule has 0 radical (unpaired) electrons. The average molecular weight is 405 g/mol. The molecule has 0 aliphatic carbocycles. The number of aryl methyl sites for hydroxylation is 1. The van der Waals surface area contributed by atoms with Gasteiger partial charge in [-0.15, -0.1) is 11.6 Å². The third-order valence-electron chi connectivity index (χ3n) is 3.23. The molecule has 6 heteroatoms. The molecule has 0 saturated carbocycles. The Bertz CT molecular complexity index is 843. The Morgan fingerprint density at radius 3 is 2.57 bits per heavy atom. The summed E-state index contributed by atoms with van der Waals surface area (Å²) in [5.41, 5.74) is 3.78. The fraction of sp³-hybridized carbons (Fsp3) is 0.133. The van der Waals surface area contributed by atoms with Gasteiger partial charge in [0.2, 0.25) is 0 Å². The van der Waals surface area contributed by atoms with E-state index in [9.17, 15) is 0 Å². The van der Waals surface area contributed by atoms with Gasteiger partial charge in [0, 0.05) is 4.47 Å². The first-order chi connectivity index (χ1) is 10.0. The topological polar surface area (TPSA) is 17.8 Å². The largest absolute Gasteiger partial charge is 0.294 e. The van der Waals surface area contributed by atoms with Gasteiger partial charge >= 0.3 is 0 Å². The van der Waals surface area contributed by atoms with Gasteiger partial charge in [-0.2, -0.15) is 0 Å². The minimum absolute atomic E-state index is 0.296. The lowest BCUT2D eigenvalue weighted by molar-refractivity contribution is 0.975. The maximum absolute atomic E-state index is 6.15. The maximum atomic E-state index is 6.15. The number of halogens is 4. The first-order valence-corrected chi connectivity index (χ1v) is 8.28. The van der Waals surface area contributed by atoms with Gasteiger partial charge in [0.1, 0.15) is 5.82 Å². The summed E-state index contributed by atoms with van der Waals surface area (Å²) >= 11 is 21.9. The first-order valence-electron chi connectivity index (χ1n) is 6.20. The van der Waals surface area contributed by atoms with Gasteiger partial charge in [0.25, 0.3) is 0 Å². The van der Waals surface area contributed by atoms with Crippen molar-refractivity contribution in [3.8, 4) is 5.69 Å². The predicted octanol–water partition coefficient (Wildman–Crippen LogP) is 6.14. The Labute approximate surface area is 145 Å². The van der Waals surface area contributed by atoms with Gasteiger partial charge in [-0.05, 0) is 52.7 Å². The van der Waals surface area contributed by atoms with Crippen LogP contribution in [0.2, 0.25) is 10.0 Å². The molecule has 2 aromatic carbocycles. The van der Waals surface area contributed by atoms with E-state index in [1.54, 1.807) is 6.07 Å². The van der Waals surface area contributed by atoms with Crippen molar-refractivity contribution >= 4 is 61.8 Å². The summed E-state index contributed by atoms with van der Waals surface area (Å²) in [4.78, 5) is 4.55. The molecule has 0 unspecified atom stereocenters. The molecule has 0 aliphatic rings.